The van der Waals surface area contributed by atoms with Gasteiger partial charge in [0.05, 0.1) is 38.9 Å². The predicted octanol–water partition coefficient (Wildman–Crippen LogP) is 21.0. The fourth-order valence-electron chi connectivity index (χ4n) is 14.8. The highest BCUT2D eigenvalue weighted by atomic mass is 15.2. The van der Waals surface area contributed by atoms with Gasteiger partial charge in [0, 0.05) is 43.9 Å². The number of rotatable bonds is 8. The number of fused-ring (bicyclic) bond motifs is 17. The van der Waals surface area contributed by atoms with Gasteiger partial charge in [0.2, 0.25) is 5.95 Å². The van der Waals surface area contributed by atoms with Gasteiger partial charge in [-0.15, -0.1) is 0 Å². The Morgan fingerprint density at radius 2 is 0.678 bits per heavy atom. The quantitative estimate of drug-likeness (QED) is 0.152. The number of hydrogen-bond acceptors (Lipinski definition) is 2. The summed E-state index contributed by atoms with van der Waals surface area (Å²) in [4.78, 5) is 11.2. The Kier molecular flexibility index (Phi) is 10.9. The lowest BCUT2D eigenvalue weighted by atomic mass is 9.70. The van der Waals surface area contributed by atoms with Crippen molar-refractivity contribution in [1.29, 1.82) is 0 Å². The van der Waals surface area contributed by atoms with Crippen LogP contribution in [-0.4, -0.2) is 19.1 Å². The first-order valence-electron chi connectivity index (χ1n) is 30.0. The van der Waals surface area contributed by atoms with Crippen molar-refractivity contribution in [2.24, 2.45) is 0 Å². The van der Waals surface area contributed by atoms with Gasteiger partial charge in [-0.05, 0) is 150 Å². The third-order valence-corrected chi connectivity index (χ3v) is 18.5. The van der Waals surface area contributed by atoms with E-state index in [1.165, 1.54) is 83.1 Å². The second-order valence-corrected chi connectivity index (χ2v) is 23.2. The third kappa shape index (κ3) is 7.44. The summed E-state index contributed by atoms with van der Waals surface area (Å²) in [6.45, 7) is 0. The molecule has 0 N–H and O–H groups in total. The van der Waals surface area contributed by atoms with Crippen LogP contribution in [0.3, 0.4) is 0 Å². The Balaban J connectivity index is 0.844. The lowest BCUT2D eigenvalue weighted by Crippen LogP contribution is -2.25. The molecule has 0 atom stereocenters. The highest BCUT2D eigenvalue weighted by molar-refractivity contribution is 6.18. The maximum atomic E-state index is 5.59. The van der Waals surface area contributed by atoms with Crippen LogP contribution in [0.15, 0.2) is 315 Å². The van der Waals surface area contributed by atoms with Gasteiger partial charge in [0.15, 0.2) is 0 Å². The SMILES string of the molecule is c1ccc(-c2cc(-c3ccccc3)cc(-c3cccc(-n4c5ccccc5c5cc(-c6ccc7c(c6)c6ccc8c(c6n7-c6nc(-c7ccccc7)cc(-c7ccccc7)n6)-c6ccccc6C86c7ccccc7-c7ccccc76)ccc54)c3)c2)cc1. The van der Waals surface area contributed by atoms with Crippen LogP contribution in [0, 0.1) is 0 Å². The van der Waals surface area contributed by atoms with Crippen molar-refractivity contribution < 1.29 is 0 Å². The molecule has 4 heteroatoms. The summed E-state index contributed by atoms with van der Waals surface area (Å²) in [5, 5.41) is 4.69. The first-order chi connectivity index (χ1) is 43.1. The molecule has 0 aliphatic heterocycles. The minimum absolute atomic E-state index is 0.531. The number of para-hydroxylation sites is 1. The molecular formula is C83H52N4. The van der Waals surface area contributed by atoms with Gasteiger partial charge in [-0.2, -0.15) is 0 Å². The summed E-state index contributed by atoms with van der Waals surface area (Å²) in [5.41, 5.74) is 28.4. The van der Waals surface area contributed by atoms with Gasteiger partial charge in [-0.1, -0.05) is 249 Å². The molecule has 0 amide bonds. The van der Waals surface area contributed by atoms with E-state index < -0.39 is 5.41 Å². The molecule has 1 spiro atoms. The fourth-order valence-corrected chi connectivity index (χ4v) is 14.8. The van der Waals surface area contributed by atoms with Crippen LogP contribution < -0.4 is 0 Å². The van der Waals surface area contributed by atoms with Crippen molar-refractivity contribution in [3.63, 3.8) is 0 Å². The Hall–Kier alpha value is -11.5. The van der Waals surface area contributed by atoms with Gasteiger partial charge in [-0.25, -0.2) is 9.97 Å². The van der Waals surface area contributed by atoms with Crippen LogP contribution in [-0.2, 0) is 5.41 Å². The van der Waals surface area contributed by atoms with E-state index in [9.17, 15) is 0 Å². The van der Waals surface area contributed by atoms with Crippen LogP contribution in [0.4, 0.5) is 0 Å². The molecule has 4 nitrogen and oxygen atoms in total. The summed E-state index contributed by atoms with van der Waals surface area (Å²) in [6.07, 6.45) is 0. The molecular weight excluding hydrogens is 1050 g/mol. The van der Waals surface area contributed by atoms with Gasteiger partial charge in [0.1, 0.15) is 0 Å². The van der Waals surface area contributed by atoms with Gasteiger partial charge >= 0.3 is 0 Å². The zero-order chi connectivity index (χ0) is 57.2. The normalized spacial score (nSPS) is 12.7. The van der Waals surface area contributed by atoms with E-state index in [-0.39, 0.29) is 0 Å². The molecule has 2 aliphatic carbocycles. The second-order valence-electron chi connectivity index (χ2n) is 23.2. The summed E-state index contributed by atoms with van der Waals surface area (Å²) < 4.78 is 4.81. The molecule has 87 heavy (non-hydrogen) atoms. The van der Waals surface area contributed by atoms with Gasteiger partial charge < -0.3 is 4.57 Å². The summed E-state index contributed by atoms with van der Waals surface area (Å²) in [7, 11) is 0. The third-order valence-electron chi connectivity index (χ3n) is 18.5. The van der Waals surface area contributed by atoms with Gasteiger partial charge in [-0.3, -0.25) is 4.57 Å². The smallest absolute Gasteiger partial charge is 0.235 e. The number of benzene rings is 13. The van der Waals surface area contributed by atoms with E-state index in [2.05, 4.69) is 325 Å². The molecule has 3 aromatic heterocycles. The van der Waals surface area contributed by atoms with E-state index in [4.69, 9.17) is 9.97 Å². The van der Waals surface area contributed by atoms with E-state index in [0.29, 0.717) is 5.95 Å². The monoisotopic (exact) mass is 1100 g/mol. The maximum Gasteiger partial charge on any atom is 0.235 e. The topological polar surface area (TPSA) is 35.6 Å². The van der Waals surface area contributed by atoms with Gasteiger partial charge in [0.25, 0.3) is 0 Å². The maximum absolute atomic E-state index is 5.59. The van der Waals surface area contributed by atoms with Crippen LogP contribution in [0.25, 0.3) is 145 Å². The first-order valence-corrected chi connectivity index (χ1v) is 30.0. The average Bonchev–Trinajstić information content (AvgIpc) is 1.53. The molecule has 0 saturated carbocycles. The lowest BCUT2D eigenvalue weighted by molar-refractivity contribution is 0.794. The molecule has 0 radical (unpaired) electrons. The second kappa shape index (κ2) is 19.3. The van der Waals surface area contributed by atoms with Crippen molar-refractivity contribution in [2.45, 2.75) is 5.41 Å². The lowest BCUT2D eigenvalue weighted by Gasteiger charge is -2.30. The molecule has 2 aliphatic rings. The number of hydrogen-bond donors (Lipinski definition) is 0. The molecule has 404 valence electrons. The molecule has 0 bridgehead atoms. The Morgan fingerprint density at radius 1 is 0.241 bits per heavy atom. The molecule has 3 heterocycles. The van der Waals surface area contributed by atoms with Crippen molar-refractivity contribution in [3.05, 3.63) is 338 Å². The van der Waals surface area contributed by atoms with Crippen LogP contribution in [0.1, 0.15) is 22.3 Å². The first kappa shape index (κ1) is 49.0. The van der Waals surface area contributed by atoms with Crippen molar-refractivity contribution in [2.75, 3.05) is 0 Å². The van der Waals surface area contributed by atoms with E-state index >= 15 is 0 Å². The fraction of sp³-hybridized carbons (Fsp3) is 0.0120. The van der Waals surface area contributed by atoms with E-state index in [0.717, 1.165) is 77.7 Å². The van der Waals surface area contributed by atoms with E-state index in [1.807, 2.05) is 0 Å². The van der Waals surface area contributed by atoms with Crippen molar-refractivity contribution in [1.82, 2.24) is 19.1 Å². The zero-order valence-electron chi connectivity index (χ0n) is 47.3. The summed E-state index contributed by atoms with van der Waals surface area (Å²) in [5.74, 6) is 0.626. The minimum Gasteiger partial charge on any atom is -0.309 e. The average molecular weight is 1110 g/mol. The number of nitrogens with zero attached hydrogens (tertiary/aromatic N) is 4. The largest absolute Gasteiger partial charge is 0.309 e. The Bertz CT molecular complexity index is 5280. The highest BCUT2D eigenvalue weighted by Gasteiger charge is 2.52. The van der Waals surface area contributed by atoms with Crippen molar-refractivity contribution in [3.8, 4) is 101 Å². The summed E-state index contributed by atoms with van der Waals surface area (Å²) in [6, 6.07) is 116. The molecule has 16 aromatic rings. The van der Waals surface area contributed by atoms with Crippen LogP contribution in [0.5, 0.6) is 0 Å². The Labute approximate surface area is 503 Å². The molecule has 0 saturated heterocycles. The van der Waals surface area contributed by atoms with Crippen LogP contribution >= 0.6 is 0 Å². The highest BCUT2D eigenvalue weighted by Crippen LogP contribution is 2.64. The van der Waals surface area contributed by atoms with Crippen LogP contribution in [0.2, 0.25) is 0 Å². The molecule has 13 aromatic carbocycles. The summed E-state index contributed by atoms with van der Waals surface area (Å²) >= 11 is 0. The molecule has 0 unspecified atom stereocenters. The molecule has 0 fully saturated rings. The standard InChI is InChI=1S/C83H52N4/c1-5-22-53(23-6-1)60-46-61(54-24-7-2-8-25-54)48-62(47-60)57-30-21-31-63(49-57)86-77-39-20-16-34-66(77)69-50-58(40-44-78(69)86)59-41-45-79-70(51-59)67-42-43-74-80(68-35-15-19-38-73(68)83(74)71-36-17-13-32-64(71)65-33-14-18-37-72(65)83)81(67)87(79)82-84-75(55-26-9-3-10-27-55)52-76(85-82)56-28-11-4-12-29-56/h1-52H. The predicted molar refractivity (Wildman–Crippen MR) is 360 cm³/mol. The van der Waals surface area contributed by atoms with Crippen molar-refractivity contribution >= 4 is 43.6 Å². The number of aromatic nitrogens is 4. The molecule has 18 rings (SSSR count). The van der Waals surface area contributed by atoms with E-state index in [1.54, 1.807) is 0 Å². The zero-order valence-corrected chi connectivity index (χ0v) is 47.3. The minimum atomic E-state index is -0.531. The Morgan fingerprint density at radius 3 is 1.26 bits per heavy atom.